The van der Waals surface area contributed by atoms with Crippen LogP contribution in [-0.4, -0.2) is 32.3 Å². The van der Waals surface area contributed by atoms with Crippen molar-refractivity contribution in [3.05, 3.63) is 40.8 Å². The first-order chi connectivity index (χ1) is 10.5. The zero-order valence-corrected chi connectivity index (χ0v) is 14.0. The van der Waals surface area contributed by atoms with Crippen molar-refractivity contribution < 1.29 is 18.3 Å². The average molecular weight is 324 g/mol. The zero-order chi connectivity index (χ0) is 16.2. The van der Waals surface area contributed by atoms with Crippen molar-refractivity contribution in [3.8, 4) is 0 Å². The van der Waals surface area contributed by atoms with Crippen LogP contribution >= 0.6 is 0 Å². The monoisotopic (exact) mass is 324 g/mol. The first-order valence-electron chi connectivity index (χ1n) is 7.78. The fraction of sp³-hybridized carbons (Fsp3) is 0.529. The van der Waals surface area contributed by atoms with Crippen molar-refractivity contribution in [1.29, 1.82) is 0 Å². The van der Waals surface area contributed by atoms with Gasteiger partial charge in [-0.1, -0.05) is 43.9 Å². The van der Waals surface area contributed by atoms with E-state index in [0.29, 0.717) is 11.3 Å². The van der Waals surface area contributed by atoms with Gasteiger partial charge in [-0.25, -0.2) is 8.42 Å². The van der Waals surface area contributed by atoms with Gasteiger partial charge in [-0.05, 0) is 31.6 Å². The predicted molar refractivity (Wildman–Crippen MR) is 86.3 cm³/mol. The Bertz CT molecular complexity index is 617. The minimum Gasteiger partial charge on any atom is -0.393 e. The van der Waals surface area contributed by atoms with E-state index >= 15 is 0 Å². The molecule has 22 heavy (non-hydrogen) atoms. The third-order valence-electron chi connectivity index (χ3n) is 3.90. The Balaban J connectivity index is 2.26. The molecular weight excluding hydrogens is 300 g/mol. The fourth-order valence-corrected chi connectivity index (χ4v) is 4.23. The molecule has 0 amide bonds. The lowest BCUT2D eigenvalue weighted by molar-refractivity contribution is 0.0202. The third kappa shape index (κ3) is 3.77. The molecule has 0 unspecified atom stereocenters. The van der Waals surface area contributed by atoms with E-state index in [2.05, 4.69) is 6.92 Å². The SMILES string of the molecule is CCCCC[C@H]1O[C@H](CO)C=C1S(=O)(=O)c1ccc(C)cc1. The highest BCUT2D eigenvalue weighted by Gasteiger charge is 2.35. The van der Waals surface area contributed by atoms with Gasteiger partial charge >= 0.3 is 0 Å². The van der Waals surface area contributed by atoms with Gasteiger partial charge in [0.05, 0.1) is 22.5 Å². The van der Waals surface area contributed by atoms with E-state index in [1.807, 2.05) is 6.92 Å². The Hall–Kier alpha value is -1.17. The maximum Gasteiger partial charge on any atom is 0.205 e. The topological polar surface area (TPSA) is 63.6 Å². The summed E-state index contributed by atoms with van der Waals surface area (Å²) < 4.78 is 31.3. The van der Waals surface area contributed by atoms with Crippen LogP contribution in [0.1, 0.15) is 38.2 Å². The summed E-state index contributed by atoms with van der Waals surface area (Å²) in [7, 11) is -3.56. The molecule has 122 valence electrons. The number of benzene rings is 1. The second kappa shape index (κ2) is 7.40. The Labute approximate surface area is 132 Å². The van der Waals surface area contributed by atoms with Crippen molar-refractivity contribution in [1.82, 2.24) is 0 Å². The highest BCUT2D eigenvalue weighted by Crippen LogP contribution is 2.32. The molecule has 0 aromatic heterocycles. The highest BCUT2D eigenvalue weighted by molar-refractivity contribution is 7.95. The van der Waals surface area contributed by atoms with Crippen LogP contribution in [0.2, 0.25) is 0 Å². The molecule has 1 heterocycles. The van der Waals surface area contributed by atoms with Gasteiger partial charge in [-0.2, -0.15) is 0 Å². The summed E-state index contributed by atoms with van der Waals surface area (Å²) in [6, 6.07) is 6.83. The largest absolute Gasteiger partial charge is 0.393 e. The summed E-state index contributed by atoms with van der Waals surface area (Å²) in [6.07, 6.45) is 4.28. The maximum atomic E-state index is 12.8. The molecule has 2 atom stereocenters. The minimum atomic E-state index is -3.56. The average Bonchev–Trinajstić information content (AvgIpc) is 2.92. The predicted octanol–water partition coefficient (Wildman–Crippen LogP) is 2.99. The third-order valence-corrected chi connectivity index (χ3v) is 5.81. The van der Waals surface area contributed by atoms with Crippen molar-refractivity contribution >= 4 is 9.84 Å². The molecule has 0 fully saturated rings. The van der Waals surface area contributed by atoms with Gasteiger partial charge in [0.25, 0.3) is 0 Å². The Morgan fingerprint density at radius 3 is 2.45 bits per heavy atom. The molecule has 0 aliphatic carbocycles. The van der Waals surface area contributed by atoms with Crippen molar-refractivity contribution in [2.75, 3.05) is 6.61 Å². The number of rotatable bonds is 7. The van der Waals surface area contributed by atoms with Gasteiger partial charge in [-0.3, -0.25) is 0 Å². The van der Waals surface area contributed by atoms with Crippen molar-refractivity contribution in [2.45, 2.75) is 56.6 Å². The molecule has 0 spiro atoms. The zero-order valence-electron chi connectivity index (χ0n) is 13.2. The van der Waals surface area contributed by atoms with Crippen molar-refractivity contribution in [3.63, 3.8) is 0 Å². The molecule has 1 aromatic rings. The second-order valence-electron chi connectivity index (χ2n) is 5.73. The Morgan fingerprint density at radius 1 is 1.18 bits per heavy atom. The smallest absolute Gasteiger partial charge is 0.205 e. The number of hydrogen-bond acceptors (Lipinski definition) is 4. The van der Waals surface area contributed by atoms with Crippen LogP contribution in [0.4, 0.5) is 0 Å². The summed E-state index contributed by atoms with van der Waals surface area (Å²) in [5.41, 5.74) is 1.02. The molecule has 1 aromatic carbocycles. The van der Waals surface area contributed by atoms with Gasteiger partial charge in [0, 0.05) is 0 Å². The molecule has 5 heteroatoms. The molecule has 0 saturated heterocycles. The molecular formula is C17H24O4S. The molecule has 0 radical (unpaired) electrons. The van der Waals surface area contributed by atoms with Gasteiger partial charge in [-0.15, -0.1) is 0 Å². The molecule has 4 nitrogen and oxygen atoms in total. The number of ether oxygens (including phenoxy) is 1. The summed E-state index contributed by atoms with van der Waals surface area (Å²) in [5.74, 6) is 0. The summed E-state index contributed by atoms with van der Waals surface area (Å²) in [5, 5.41) is 9.28. The maximum absolute atomic E-state index is 12.8. The van der Waals surface area contributed by atoms with Gasteiger partial charge in [0.15, 0.2) is 0 Å². The number of unbranched alkanes of at least 4 members (excludes halogenated alkanes) is 2. The van der Waals surface area contributed by atoms with E-state index in [4.69, 9.17) is 4.74 Å². The lowest BCUT2D eigenvalue weighted by Gasteiger charge is -2.16. The van der Waals surface area contributed by atoms with Crippen LogP contribution < -0.4 is 0 Å². The Kier molecular flexibility index (Phi) is 5.78. The molecule has 1 aliphatic heterocycles. The molecule has 0 saturated carbocycles. The second-order valence-corrected chi connectivity index (χ2v) is 7.68. The van der Waals surface area contributed by atoms with Gasteiger partial charge < -0.3 is 9.84 Å². The minimum absolute atomic E-state index is 0.197. The number of hydrogen-bond donors (Lipinski definition) is 1. The lowest BCUT2D eigenvalue weighted by Crippen LogP contribution is -2.20. The normalized spacial score (nSPS) is 21.9. The Morgan fingerprint density at radius 2 is 1.86 bits per heavy atom. The van der Waals surface area contributed by atoms with E-state index in [1.165, 1.54) is 0 Å². The van der Waals surface area contributed by atoms with Gasteiger partial charge in [0.2, 0.25) is 9.84 Å². The first-order valence-corrected chi connectivity index (χ1v) is 9.27. The van der Waals surface area contributed by atoms with E-state index in [-0.39, 0.29) is 11.5 Å². The number of aliphatic hydroxyl groups is 1. The van der Waals surface area contributed by atoms with Crippen LogP contribution in [0.25, 0.3) is 0 Å². The van der Waals surface area contributed by atoms with E-state index < -0.39 is 22.0 Å². The van der Waals surface area contributed by atoms with Crippen LogP contribution in [-0.2, 0) is 14.6 Å². The van der Waals surface area contributed by atoms with E-state index in [1.54, 1.807) is 30.3 Å². The van der Waals surface area contributed by atoms with Crippen LogP contribution in [0.15, 0.2) is 40.1 Å². The van der Waals surface area contributed by atoms with Crippen LogP contribution in [0.3, 0.4) is 0 Å². The van der Waals surface area contributed by atoms with Crippen LogP contribution in [0, 0.1) is 6.92 Å². The highest BCUT2D eigenvalue weighted by atomic mass is 32.2. The number of aliphatic hydroxyl groups excluding tert-OH is 1. The summed E-state index contributed by atoms with van der Waals surface area (Å²) in [4.78, 5) is 0.582. The van der Waals surface area contributed by atoms with E-state index in [0.717, 1.165) is 24.8 Å². The fourth-order valence-electron chi connectivity index (χ4n) is 2.61. The quantitative estimate of drug-likeness (QED) is 0.783. The molecule has 1 N–H and O–H groups in total. The number of sulfone groups is 1. The van der Waals surface area contributed by atoms with E-state index in [9.17, 15) is 13.5 Å². The number of aryl methyl sites for hydroxylation is 1. The molecule has 0 bridgehead atoms. The summed E-state index contributed by atoms with van der Waals surface area (Å²) >= 11 is 0. The lowest BCUT2D eigenvalue weighted by atomic mass is 10.1. The standard InChI is InChI=1S/C17H24O4S/c1-3-4-5-6-16-17(11-14(12-18)21-16)22(19,20)15-9-7-13(2)8-10-15/h7-11,14,16,18H,3-6,12H2,1-2H3/t14-,16+/m0/s1. The van der Waals surface area contributed by atoms with Gasteiger partial charge in [0.1, 0.15) is 6.10 Å². The van der Waals surface area contributed by atoms with Crippen LogP contribution in [0.5, 0.6) is 0 Å². The van der Waals surface area contributed by atoms with Crippen molar-refractivity contribution in [2.24, 2.45) is 0 Å². The molecule has 2 rings (SSSR count). The first kappa shape index (κ1) is 17.2. The molecule has 1 aliphatic rings. The summed E-state index contributed by atoms with van der Waals surface area (Å²) in [6.45, 7) is 3.83.